The molecule has 1 N–H and O–H groups in total. The van der Waals surface area contributed by atoms with Crippen molar-refractivity contribution >= 4 is 17.3 Å². The summed E-state index contributed by atoms with van der Waals surface area (Å²) in [6.07, 6.45) is 1.20. The van der Waals surface area contributed by atoms with Gasteiger partial charge in [0.1, 0.15) is 0 Å². The Balaban J connectivity index is 2.06. The number of nitrogens with one attached hydrogen (secondary N) is 1. The highest BCUT2D eigenvalue weighted by Gasteiger charge is 2.12. The molecule has 1 aliphatic heterocycles. The van der Waals surface area contributed by atoms with Crippen molar-refractivity contribution in [1.82, 2.24) is 5.32 Å². The Labute approximate surface area is 96.2 Å². The number of anilines is 1. The van der Waals surface area contributed by atoms with Gasteiger partial charge in [0, 0.05) is 36.4 Å². The molecule has 1 saturated heterocycles. The van der Waals surface area contributed by atoms with Crippen molar-refractivity contribution in [3.05, 3.63) is 29.3 Å². The summed E-state index contributed by atoms with van der Waals surface area (Å²) in [6.45, 7) is 5.50. The minimum absolute atomic E-state index is 0.627. The van der Waals surface area contributed by atoms with Gasteiger partial charge in [0.2, 0.25) is 0 Å². The number of hydrogen-bond donors (Lipinski definition) is 1. The molecule has 0 radical (unpaired) electrons. The second-order valence-corrected chi connectivity index (χ2v) is 4.54. The fourth-order valence-electron chi connectivity index (χ4n) is 1.92. The fraction of sp³-hybridized carbons (Fsp3) is 0.500. The summed E-state index contributed by atoms with van der Waals surface area (Å²) in [5, 5.41) is 4.29. The first kappa shape index (κ1) is 10.8. The zero-order valence-electron chi connectivity index (χ0n) is 9.04. The van der Waals surface area contributed by atoms with E-state index < -0.39 is 0 Å². The second-order valence-electron chi connectivity index (χ2n) is 4.11. The molecule has 15 heavy (non-hydrogen) atoms. The molecule has 0 aliphatic carbocycles. The summed E-state index contributed by atoms with van der Waals surface area (Å²) in [6, 6.07) is 8.73. The first-order valence-corrected chi connectivity index (χ1v) is 5.87. The van der Waals surface area contributed by atoms with E-state index in [0.717, 1.165) is 24.7 Å². The summed E-state index contributed by atoms with van der Waals surface area (Å²) in [5.74, 6) is 0. The van der Waals surface area contributed by atoms with Crippen molar-refractivity contribution in [3.63, 3.8) is 0 Å². The second kappa shape index (κ2) is 4.86. The molecule has 1 unspecified atom stereocenters. The maximum Gasteiger partial charge on any atom is 0.0407 e. The van der Waals surface area contributed by atoms with Crippen molar-refractivity contribution < 1.29 is 0 Å². The first-order chi connectivity index (χ1) is 7.25. The minimum Gasteiger partial charge on any atom is -0.370 e. The average Bonchev–Trinajstić information content (AvgIpc) is 2.44. The lowest BCUT2D eigenvalue weighted by atomic mass is 10.2. The quantitative estimate of drug-likeness (QED) is 0.789. The van der Waals surface area contributed by atoms with Crippen LogP contribution in [0.3, 0.4) is 0 Å². The van der Waals surface area contributed by atoms with E-state index in [1.54, 1.807) is 0 Å². The van der Waals surface area contributed by atoms with Gasteiger partial charge in [-0.1, -0.05) is 11.6 Å². The largest absolute Gasteiger partial charge is 0.370 e. The molecule has 1 fully saturated rings. The van der Waals surface area contributed by atoms with Crippen molar-refractivity contribution in [3.8, 4) is 0 Å². The van der Waals surface area contributed by atoms with Crippen LogP contribution in [0.4, 0.5) is 5.69 Å². The number of benzene rings is 1. The van der Waals surface area contributed by atoms with E-state index in [9.17, 15) is 0 Å². The van der Waals surface area contributed by atoms with E-state index in [4.69, 9.17) is 11.6 Å². The van der Waals surface area contributed by atoms with E-state index in [-0.39, 0.29) is 0 Å². The highest BCUT2D eigenvalue weighted by molar-refractivity contribution is 6.30. The summed E-state index contributed by atoms with van der Waals surface area (Å²) in [7, 11) is 0. The topological polar surface area (TPSA) is 15.3 Å². The van der Waals surface area contributed by atoms with Crippen LogP contribution in [0.25, 0.3) is 0 Å². The third kappa shape index (κ3) is 2.86. The van der Waals surface area contributed by atoms with Crippen molar-refractivity contribution in [2.45, 2.75) is 19.4 Å². The van der Waals surface area contributed by atoms with Gasteiger partial charge in [-0.05, 0) is 37.6 Å². The molecule has 1 aliphatic rings. The van der Waals surface area contributed by atoms with E-state index in [1.807, 2.05) is 12.1 Å². The maximum atomic E-state index is 5.88. The molecule has 2 rings (SSSR count). The van der Waals surface area contributed by atoms with Crippen LogP contribution in [-0.2, 0) is 0 Å². The van der Waals surface area contributed by atoms with Gasteiger partial charge in [0.15, 0.2) is 0 Å². The minimum atomic E-state index is 0.627. The Hall–Kier alpha value is -0.730. The molecule has 3 heteroatoms. The van der Waals surface area contributed by atoms with E-state index in [0.29, 0.717) is 6.04 Å². The predicted octanol–water partition coefficient (Wildman–Crippen LogP) is 2.53. The lowest BCUT2D eigenvalue weighted by molar-refractivity contribution is 0.566. The normalized spacial score (nSPS) is 22.5. The molecular formula is C12H17ClN2. The zero-order valence-corrected chi connectivity index (χ0v) is 9.80. The van der Waals surface area contributed by atoms with Crippen LogP contribution in [0, 0.1) is 0 Å². The molecule has 1 atom stereocenters. The number of halogens is 1. The summed E-state index contributed by atoms with van der Waals surface area (Å²) in [4.78, 5) is 2.41. The van der Waals surface area contributed by atoms with Gasteiger partial charge in [-0.15, -0.1) is 0 Å². The Morgan fingerprint density at radius 1 is 1.27 bits per heavy atom. The van der Waals surface area contributed by atoms with Gasteiger partial charge < -0.3 is 10.2 Å². The van der Waals surface area contributed by atoms with Gasteiger partial charge >= 0.3 is 0 Å². The molecule has 0 amide bonds. The molecule has 1 aromatic rings. The van der Waals surface area contributed by atoms with Crippen LogP contribution in [-0.4, -0.2) is 25.7 Å². The van der Waals surface area contributed by atoms with Crippen molar-refractivity contribution in [2.75, 3.05) is 24.5 Å². The van der Waals surface area contributed by atoms with Crippen LogP contribution in [0.15, 0.2) is 24.3 Å². The Morgan fingerprint density at radius 3 is 2.73 bits per heavy atom. The Morgan fingerprint density at radius 2 is 2.00 bits per heavy atom. The Bertz CT molecular complexity index is 310. The molecular weight excluding hydrogens is 208 g/mol. The van der Waals surface area contributed by atoms with Crippen LogP contribution in [0.2, 0.25) is 5.02 Å². The van der Waals surface area contributed by atoms with Crippen LogP contribution in [0.1, 0.15) is 13.3 Å². The smallest absolute Gasteiger partial charge is 0.0407 e. The van der Waals surface area contributed by atoms with E-state index >= 15 is 0 Å². The lowest BCUT2D eigenvalue weighted by Gasteiger charge is -2.22. The highest BCUT2D eigenvalue weighted by Crippen LogP contribution is 2.19. The van der Waals surface area contributed by atoms with Gasteiger partial charge in [-0.25, -0.2) is 0 Å². The molecule has 82 valence electrons. The SMILES string of the molecule is CC1CCN(c2ccc(Cl)cc2)CCN1. The Kier molecular flexibility index (Phi) is 3.49. The lowest BCUT2D eigenvalue weighted by Crippen LogP contribution is -2.28. The van der Waals surface area contributed by atoms with Crippen LogP contribution < -0.4 is 10.2 Å². The van der Waals surface area contributed by atoms with Crippen molar-refractivity contribution in [1.29, 1.82) is 0 Å². The highest BCUT2D eigenvalue weighted by atomic mass is 35.5. The van der Waals surface area contributed by atoms with Gasteiger partial charge in [0.25, 0.3) is 0 Å². The van der Waals surface area contributed by atoms with E-state index in [1.165, 1.54) is 12.1 Å². The fourth-order valence-corrected chi connectivity index (χ4v) is 2.05. The van der Waals surface area contributed by atoms with Gasteiger partial charge in [-0.2, -0.15) is 0 Å². The summed E-state index contributed by atoms with van der Waals surface area (Å²) >= 11 is 5.88. The zero-order chi connectivity index (χ0) is 10.7. The number of rotatable bonds is 1. The summed E-state index contributed by atoms with van der Waals surface area (Å²) < 4.78 is 0. The van der Waals surface area contributed by atoms with E-state index in [2.05, 4.69) is 29.3 Å². The standard InChI is InChI=1S/C12H17ClN2/c1-10-6-8-15(9-7-14-10)12-4-2-11(13)3-5-12/h2-5,10,14H,6-9H2,1H3. The third-order valence-corrected chi connectivity index (χ3v) is 3.15. The molecule has 1 aromatic carbocycles. The third-order valence-electron chi connectivity index (χ3n) is 2.90. The van der Waals surface area contributed by atoms with Gasteiger partial charge in [-0.3, -0.25) is 0 Å². The van der Waals surface area contributed by atoms with Crippen LogP contribution in [0.5, 0.6) is 0 Å². The predicted molar refractivity (Wildman–Crippen MR) is 65.7 cm³/mol. The first-order valence-electron chi connectivity index (χ1n) is 5.49. The molecule has 0 aromatic heterocycles. The van der Waals surface area contributed by atoms with Gasteiger partial charge in [0.05, 0.1) is 0 Å². The molecule has 1 heterocycles. The number of nitrogens with zero attached hydrogens (tertiary/aromatic N) is 1. The maximum absolute atomic E-state index is 5.88. The number of hydrogen-bond acceptors (Lipinski definition) is 2. The molecule has 0 saturated carbocycles. The monoisotopic (exact) mass is 224 g/mol. The molecule has 0 spiro atoms. The van der Waals surface area contributed by atoms with Crippen molar-refractivity contribution in [2.24, 2.45) is 0 Å². The molecule has 0 bridgehead atoms. The molecule has 2 nitrogen and oxygen atoms in total. The van der Waals surface area contributed by atoms with Crippen LogP contribution >= 0.6 is 11.6 Å². The average molecular weight is 225 g/mol. The summed E-state index contributed by atoms with van der Waals surface area (Å²) in [5.41, 5.74) is 1.27.